The summed E-state index contributed by atoms with van der Waals surface area (Å²) in [7, 11) is -0.806. The van der Waals surface area contributed by atoms with E-state index < -0.39 is 22.5 Å². The first-order valence-electron chi connectivity index (χ1n) is 8.62. The van der Waals surface area contributed by atoms with Crippen molar-refractivity contribution >= 4 is 27.3 Å². The van der Waals surface area contributed by atoms with Crippen molar-refractivity contribution in [1.82, 2.24) is 0 Å². The van der Waals surface area contributed by atoms with Crippen LogP contribution in [0, 0.1) is 0 Å². The number of carbonyl (C=O) groups is 1. The zero-order chi connectivity index (χ0) is 21.4. The molecule has 1 amide bonds. The molecule has 0 unspecified atom stereocenters. The molecule has 9 heteroatoms. The molecule has 0 aliphatic heterocycles. The second kappa shape index (κ2) is 9.83. The molecule has 2 aromatic carbocycles. The summed E-state index contributed by atoms with van der Waals surface area (Å²) in [5, 5.41) is 2.68. The number of sulfonamides is 1. The van der Waals surface area contributed by atoms with E-state index in [1.807, 2.05) is 0 Å². The van der Waals surface area contributed by atoms with Crippen LogP contribution in [0.4, 0.5) is 11.4 Å². The number of ether oxygens (including phenoxy) is 3. The fourth-order valence-electron chi connectivity index (χ4n) is 2.53. The SMILES string of the molecule is C=CCOc1cccc(NC(=O)CN(c2ccc(OC)c(OC)c2)S(C)(=O)=O)c1. The minimum atomic E-state index is -3.73. The highest BCUT2D eigenvalue weighted by Crippen LogP contribution is 2.32. The number of amides is 1. The molecule has 156 valence electrons. The van der Waals surface area contributed by atoms with Gasteiger partial charge in [0.25, 0.3) is 0 Å². The fraction of sp³-hybridized carbons (Fsp3) is 0.250. The van der Waals surface area contributed by atoms with Gasteiger partial charge in [-0.1, -0.05) is 18.7 Å². The maximum Gasteiger partial charge on any atom is 0.245 e. The van der Waals surface area contributed by atoms with Gasteiger partial charge in [0, 0.05) is 17.8 Å². The summed E-state index contributed by atoms with van der Waals surface area (Å²) >= 11 is 0. The summed E-state index contributed by atoms with van der Waals surface area (Å²) in [6.07, 6.45) is 2.64. The van der Waals surface area contributed by atoms with Crippen LogP contribution in [0.2, 0.25) is 0 Å². The maximum atomic E-state index is 12.5. The Bertz CT molecular complexity index is 975. The van der Waals surface area contributed by atoms with Gasteiger partial charge < -0.3 is 19.5 Å². The lowest BCUT2D eigenvalue weighted by Gasteiger charge is -2.23. The van der Waals surface area contributed by atoms with Gasteiger partial charge in [-0.05, 0) is 24.3 Å². The summed E-state index contributed by atoms with van der Waals surface area (Å²) in [5.74, 6) is 0.852. The highest BCUT2D eigenvalue weighted by atomic mass is 32.2. The Morgan fingerprint density at radius 3 is 2.48 bits per heavy atom. The standard InChI is InChI=1S/C20H24N2O6S/c1-5-11-28-17-8-6-7-15(12-17)21-20(23)14-22(29(4,24)25)16-9-10-18(26-2)19(13-16)27-3/h5-10,12-13H,1,11,14H2,2-4H3,(H,21,23). The number of methoxy groups -OCH3 is 2. The van der Waals surface area contributed by atoms with Crippen molar-refractivity contribution in [2.24, 2.45) is 0 Å². The monoisotopic (exact) mass is 420 g/mol. The van der Waals surface area contributed by atoms with Gasteiger partial charge in [0.15, 0.2) is 11.5 Å². The number of carbonyl (C=O) groups excluding carboxylic acids is 1. The molecule has 8 nitrogen and oxygen atoms in total. The van der Waals surface area contributed by atoms with Crippen molar-refractivity contribution in [2.45, 2.75) is 0 Å². The van der Waals surface area contributed by atoms with Gasteiger partial charge in [-0.3, -0.25) is 9.10 Å². The van der Waals surface area contributed by atoms with Crippen LogP contribution in [-0.4, -0.2) is 48.0 Å². The third-order valence-electron chi connectivity index (χ3n) is 3.83. The van der Waals surface area contributed by atoms with Crippen molar-refractivity contribution in [3.05, 3.63) is 55.1 Å². The Balaban J connectivity index is 2.21. The second-order valence-corrected chi connectivity index (χ2v) is 7.89. The first-order valence-corrected chi connectivity index (χ1v) is 10.5. The summed E-state index contributed by atoms with van der Waals surface area (Å²) < 4.78 is 41.4. The zero-order valence-corrected chi connectivity index (χ0v) is 17.4. The molecule has 0 radical (unpaired) electrons. The van der Waals surface area contributed by atoms with Crippen molar-refractivity contribution < 1.29 is 27.4 Å². The molecule has 29 heavy (non-hydrogen) atoms. The molecule has 0 spiro atoms. The van der Waals surface area contributed by atoms with Crippen LogP contribution in [0.25, 0.3) is 0 Å². The van der Waals surface area contributed by atoms with Crippen molar-refractivity contribution in [1.29, 1.82) is 0 Å². The quantitative estimate of drug-likeness (QED) is 0.594. The highest BCUT2D eigenvalue weighted by molar-refractivity contribution is 7.92. The molecular weight excluding hydrogens is 396 g/mol. The first-order chi connectivity index (χ1) is 13.8. The van der Waals surface area contributed by atoms with Gasteiger partial charge >= 0.3 is 0 Å². The number of nitrogens with zero attached hydrogens (tertiary/aromatic N) is 1. The lowest BCUT2D eigenvalue weighted by Crippen LogP contribution is -2.37. The molecular formula is C20H24N2O6S. The van der Waals surface area contributed by atoms with E-state index in [0.717, 1.165) is 10.6 Å². The predicted octanol–water partition coefficient (Wildman–Crippen LogP) is 2.67. The number of rotatable bonds is 10. The molecule has 0 saturated carbocycles. The number of hydrogen-bond acceptors (Lipinski definition) is 6. The summed E-state index contributed by atoms with van der Waals surface area (Å²) in [5.41, 5.74) is 0.765. The van der Waals surface area contributed by atoms with Crippen LogP contribution < -0.4 is 23.8 Å². The topological polar surface area (TPSA) is 94.2 Å². The average Bonchev–Trinajstić information content (AvgIpc) is 2.69. The van der Waals surface area contributed by atoms with Crippen molar-refractivity contribution in [3.63, 3.8) is 0 Å². The van der Waals surface area contributed by atoms with Gasteiger partial charge in [0.2, 0.25) is 15.9 Å². The molecule has 0 bridgehead atoms. The summed E-state index contributed by atoms with van der Waals surface area (Å²) in [4.78, 5) is 12.5. The van der Waals surface area contributed by atoms with Crippen LogP contribution in [0.3, 0.4) is 0 Å². The van der Waals surface area contributed by atoms with Gasteiger partial charge in [0.05, 0.1) is 26.2 Å². The van der Waals surface area contributed by atoms with Crippen LogP contribution in [-0.2, 0) is 14.8 Å². The first kappa shape index (κ1) is 22.1. The molecule has 2 aromatic rings. The Kier molecular flexibility index (Phi) is 7.49. The molecule has 2 rings (SSSR count). The van der Waals surface area contributed by atoms with E-state index in [0.29, 0.717) is 29.5 Å². The molecule has 0 fully saturated rings. The Morgan fingerprint density at radius 1 is 1.14 bits per heavy atom. The Morgan fingerprint density at radius 2 is 1.86 bits per heavy atom. The molecule has 0 atom stereocenters. The average molecular weight is 420 g/mol. The minimum absolute atomic E-state index is 0.281. The molecule has 0 heterocycles. The third-order valence-corrected chi connectivity index (χ3v) is 4.97. The lowest BCUT2D eigenvalue weighted by atomic mass is 10.2. The molecule has 0 saturated heterocycles. The van der Waals surface area contributed by atoms with E-state index in [4.69, 9.17) is 14.2 Å². The normalized spacial score (nSPS) is 10.7. The molecule has 0 aromatic heterocycles. The number of nitrogens with one attached hydrogen (secondary N) is 1. The minimum Gasteiger partial charge on any atom is -0.493 e. The van der Waals surface area contributed by atoms with E-state index >= 15 is 0 Å². The van der Waals surface area contributed by atoms with Crippen molar-refractivity contribution in [3.8, 4) is 17.2 Å². The van der Waals surface area contributed by atoms with E-state index in [1.165, 1.54) is 20.3 Å². The zero-order valence-electron chi connectivity index (χ0n) is 16.5. The number of hydrogen-bond donors (Lipinski definition) is 1. The van der Waals surface area contributed by atoms with Gasteiger partial charge in [0.1, 0.15) is 18.9 Å². The predicted molar refractivity (Wildman–Crippen MR) is 112 cm³/mol. The van der Waals surface area contributed by atoms with E-state index in [-0.39, 0.29) is 5.69 Å². The van der Waals surface area contributed by atoms with Crippen LogP contribution >= 0.6 is 0 Å². The van der Waals surface area contributed by atoms with Crippen LogP contribution in [0.1, 0.15) is 0 Å². The molecule has 0 aliphatic rings. The fourth-order valence-corrected chi connectivity index (χ4v) is 3.38. The Labute approximate surface area is 170 Å². The van der Waals surface area contributed by atoms with Gasteiger partial charge in [-0.15, -0.1) is 0 Å². The summed E-state index contributed by atoms with van der Waals surface area (Å²) in [6, 6.07) is 11.4. The van der Waals surface area contributed by atoms with Gasteiger partial charge in [-0.25, -0.2) is 8.42 Å². The number of anilines is 2. The molecule has 0 aliphatic carbocycles. The maximum absolute atomic E-state index is 12.5. The van der Waals surface area contributed by atoms with E-state index in [1.54, 1.807) is 42.5 Å². The van der Waals surface area contributed by atoms with Crippen LogP contribution in [0.15, 0.2) is 55.1 Å². The smallest absolute Gasteiger partial charge is 0.245 e. The van der Waals surface area contributed by atoms with E-state index in [9.17, 15) is 13.2 Å². The second-order valence-electron chi connectivity index (χ2n) is 5.98. The highest BCUT2D eigenvalue weighted by Gasteiger charge is 2.22. The van der Waals surface area contributed by atoms with Crippen molar-refractivity contribution in [2.75, 3.05) is 43.2 Å². The van der Waals surface area contributed by atoms with Gasteiger partial charge in [-0.2, -0.15) is 0 Å². The van der Waals surface area contributed by atoms with Crippen LogP contribution in [0.5, 0.6) is 17.2 Å². The Hall–Kier alpha value is -3.20. The third kappa shape index (κ3) is 6.15. The molecule has 1 N–H and O–H groups in total. The van der Waals surface area contributed by atoms with E-state index in [2.05, 4.69) is 11.9 Å². The summed E-state index contributed by atoms with van der Waals surface area (Å²) in [6.45, 7) is 3.50. The lowest BCUT2D eigenvalue weighted by molar-refractivity contribution is -0.114. The largest absolute Gasteiger partial charge is 0.493 e. The number of benzene rings is 2.